The summed E-state index contributed by atoms with van der Waals surface area (Å²) in [7, 11) is 0. The molecule has 0 saturated carbocycles. The van der Waals surface area contributed by atoms with Gasteiger partial charge in [0.25, 0.3) is 5.56 Å². The SMILES string of the molecule is Cc1cc(C(=O)COC(=O)c2nn(Cc3ccccc3)c(=O)c3ccccc23)c(C)n1-c1nccs1. The van der Waals surface area contributed by atoms with E-state index >= 15 is 0 Å². The van der Waals surface area contributed by atoms with E-state index in [1.54, 1.807) is 36.5 Å². The number of hydrogen-bond acceptors (Lipinski definition) is 7. The zero-order chi connectivity index (χ0) is 25.2. The van der Waals surface area contributed by atoms with Crippen LogP contribution in [0.15, 0.2) is 77.0 Å². The van der Waals surface area contributed by atoms with Crippen LogP contribution in [-0.2, 0) is 11.3 Å². The van der Waals surface area contributed by atoms with Gasteiger partial charge in [0.15, 0.2) is 17.4 Å². The predicted molar refractivity (Wildman–Crippen MR) is 137 cm³/mol. The molecule has 0 amide bonds. The van der Waals surface area contributed by atoms with Crippen LogP contribution in [0.5, 0.6) is 0 Å². The Morgan fingerprint density at radius 2 is 1.72 bits per heavy atom. The van der Waals surface area contributed by atoms with E-state index in [0.29, 0.717) is 16.3 Å². The molecule has 0 spiro atoms. The Morgan fingerprint density at radius 3 is 2.44 bits per heavy atom. The molecule has 0 aliphatic heterocycles. The Hall–Kier alpha value is -4.37. The number of hydrogen-bond donors (Lipinski definition) is 0. The first kappa shape index (κ1) is 23.4. The number of esters is 1. The summed E-state index contributed by atoms with van der Waals surface area (Å²) in [5.41, 5.74) is 2.59. The highest BCUT2D eigenvalue weighted by molar-refractivity contribution is 7.12. The predicted octanol–water partition coefficient (Wildman–Crippen LogP) is 4.35. The summed E-state index contributed by atoms with van der Waals surface area (Å²) in [4.78, 5) is 43.4. The minimum absolute atomic E-state index is 0.0119. The molecule has 0 fully saturated rings. The van der Waals surface area contributed by atoms with Gasteiger partial charge in [-0.2, -0.15) is 5.10 Å². The van der Waals surface area contributed by atoms with E-state index in [-0.39, 0.29) is 23.6 Å². The molecule has 0 N–H and O–H groups in total. The molecule has 0 unspecified atom stereocenters. The highest BCUT2D eigenvalue weighted by atomic mass is 32.1. The summed E-state index contributed by atoms with van der Waals surface area (Å²) < 4.78 is 8.55. The van der Waals surface area contributed by atoms with Crippen LogP contribution in [0.1, 0.15) is 37.8 Å². The van der Waals surface area contributed by atoms with Crippen LogP contribution in [0.2, 0.25) is 0 Å². The van der Waals surface area contributed by atoms with E-state index in [0.717, 1.165) is 22.1 Å². The van der Waals surface area contributed by atoms with Gasteiger partial charge >= 0.3 is 5.97 Å². The molecule has 5 rings (SSSR count). The van der Waals surface area contributed by atoms with Crippen LogP contribution >= 0.6 is 11.3 Å². The maximum Gasteiger partial charge on any atom is 0.359 e. The highest BCUT2D eigenvalue weighted by Gasteiger charge is 2.22. The number of nitrogens with zero attached hydrogens (tertiary/aromatic N) is 4. The van der Waals surface area contributed by atoms with Crippen LogP contribution < -0.4 is 5.56 Å². The molecule has 0 saturated heterocycles. The Kier molecular flexibility index (Phi) is 6.30. The van der Waals surface area contributed by atoms with Gasteiger partial charge in [-0.1, -0.05) is 48.5 Å². The van der Waals surface area contributed by atoms with Crippen molar-refractivity contribution >= 4 is 33.9 Å². The van der Waals surface area contributed by atoms with Crippen molar-refractivity contribution in [3.05, 3.63) is 111 Å². The minimum Gasteiger partial charge on any atom is -0.452 e. The van der Waals surface area contributed by atoms with Gasteiger partial charge in [-0.3, -0.25) is 14.2 Å². The van der Waals surface area contributed by atoms with E-state index in [9.17, 15) is 14.4 Å². The van der Waals surface area contributed by atoms with Gasteiger partial charge in [0.05, 0.1) is 11.9 Å². The average molecular weight is 499 g/mol. The normalized spacial score (nSPS) is 11.1. The molecule has 9 heteroatoms. The van der Waals surface area contributed by atoms with Crippen LogP contribution in [0.4, 0.5) is 0 Å². The maximum absolute atomic E-state index is 13.1. The van der Waals surface area contributed by atoms with Gasteiger partial charge in [0.2, 0.25) is 5.78 Å². The molecule has 0 atom stereocenters. The number of aromatic nitrogens is 4. The van der Waals surface area contributed by atoms with E-state index in [1.165, 1.54) is 16.0 Å². The third kappa shape index (κ3) is 4.36. The molecule has 36 heavy (non-hydrogen) atoms. The number of benzene rings is 2. The van der Waals surface area contributed by atoms with E-state index in [1.807, 2.05) is 54.1 Å². The minimum atomic E-state index is -0.768. The Balaban J connectivity index is 1.42. The number of rotatable bonds is 7. The van der Waals surface area contributed by atoms with Crippen LogP contribution in [0.3, 0.4) is 0 Å². The molecule has 5 aromatic rings. The van der Waals surface area contributed by atoms with Crippen LogP contribution in [0, 0.1) is 13.8 Å². The van der Waals surface area contributed by atoms with Gasteiger partial charge in [-0.25, -0.2) is 14.5 Å². The molecule has 0 aliphatic carbocycles. The quantitative estimate of drug-likeness (QED) is 0.245. The number of fused-ring (bicyclic) bond motifs is 1. The van der Waals surface area contributed by atoms with Crippen molar-refractivity contribution in [1.82, 2.24) is 19.3 Å². The Morgan fingerprint density at radius 1 is 1.00 bits per heavy atom. The average Bonchev–Trinajstić information content (AvgIpc) is 3.52. The monoisotopic (exact) mass is 498 g/mol. The topological polar surface area (TPSA) is 96.1 Å². The number of Topliss-reactive ketones (excluding diaryl/α,β-unsaturated/α-hetero) is 1. The second kappa shape index (κ2) is 9.71. The lowest BCUT2D eigenvalue weighted by molar-refractivity contribution is 0.0468. The largest absolute Gasteiger partial charge is 0.452 e. The van der Waals surface area contributed by atoms with Crippen molar-refractivity contribution < 1.29 is 14.3 Å². The van der Waals surface area contributed by atoms with Crippen molar-refractivity contribution in [3.8, 4) is 5.13 Å². The lowest BCUT2D eigenvalue weighted by Gasteiger charge is -2.11. The molecular formula is C27H22N4O4S. The van der Waals surface area contributed by atoms with Gasteiger partial charge in [0, 0.05) is 33.9 Å². The van der Waals surface area contributed by atoms with E-state index in [2.05, 4.69) is 10.1 Å². The van der Waals surface area contributed by atoms with Gasteiger partial charge < -0.3 is 4.74 Å². The Labute approximate surface area is 210 Å². The summed E-state index contributed by atoms with van der Waals surface area (Å²) in [6, 6.07) is 17.9. The van der Waals surface area contributed by atoms with Crippen molar-refractivity contribution in [1.29, 1.82) is 0 Å². The third-order valence-electron chi connectivity index (χ3n) is 5.91. The molecule has 180 valence electrons. The summed E-state index contributed by atoms with van der Waals surface area (Å²) in [5, 5.41) is 7.69. The summed E-state index contributed by atoms with van der Waals surface area (Å²) >= 11 is 1.47. The number of carbonyl (C=O) groups is 2. The van der Waals surface area contributed by atoms with Crippen molar-refractivity contribution in [2.45, 2.75) is 20.4 Å². The molecule has 2 aromatic carbocycles. The fraction of sp³-hybridized carbons (Fsp3) is 0.148. The highest BCUT2D eigenvalue weighted by Crippen LogP contribution is 2.23. The maximum atomic E-state index is 13.1. The summed E-state index contributed by atoms with van der Waals surface area (Å²) in [6.07, 6.45) is 1.71. The number of ketones is 1. The first-order valence-electron chi connectivity index (χ1n) is 11.3. The molecule has 0 bridgehead atoms. The van der Waals surface area contributed by atoms with Crippen LogP contribution in [0.25, 0.3) is 15.9 Å². The summed E-state index contributed by atoms with van der Waals surface area (Å²) in [5.74, 6) is -1.10. The number of ether oxygens (including phenoxy) is 1. The van der Waals surface area contributed by atoms with Crippen molar-refractivity contribution in [2.75, 3.05) is 6.61 Å². The van der Waals surface area contributed by atoms with Crippen molar-refractivity contribution in [2.24, 2.45) is 0 Å². The fourth-order valence-corrected chi connectivity index (χ4v) is 4.94. The van der Waals surface area contributed by atoms with E-state index in [4.69, 9.17) is 4.74 Å². The third-order valence-corrected chi connectivity index (χ3v) is 6.67. The summed E-state index contributed by atoms with van der Waals surface area (Å²) in [6.45, 7) is 3.47. The zero-order valence-corrected chi connectivity index (χ0v) is 20.5. The fourth-order valence-electron chi connectivity index (χ4n) is 4.19. The first-order chi connectivity index (χ1) is 17.4. The van der Waals surface area contributed by atoms with E-state index < -0.39 is 12.6 Å². The first-order valence-corrected chi connectivity index (χ1v) is 12.1. The van der Waals surface area contributed by atoms with Gasteiger partial charge in [-0.05, 0) is 31.5 Å². The molecule has 0 aliphatic rings. The lowest BCUT2D eigenvalue weighted by Crippen LogP contribution is -2.27. The van der Waals surface area contributed by atoms with Crippen LogP contribution in [-0.4, -0.2) is 37.7 Å². The number of carbonyl (C=O) groups excluding carboxylic acids is 2. The van der Waals surface area contributed by atoms with Gasteiger partial charge in [0.1, 0.15) is 0 Å². The second-order valence-corrected chi connectivity index (χ2v) is 9.15. The molecule has 8 nitrogen and oxygen atoms in total. The molecule has 0 radical (unpaired) electrons. The molecule has 3 aromatic heterocycles. The smallest absolute Gasteiger partial charge is 0.359 e. The number of aryl methyl sites for hydroxylation is 1. The lowest BCUT2D eigenvalue weighted by atomic mass is 10.1. The second-order valence-electron chi connectivity index (χ2n) is 8.28. The van der Waals surface area contributed by atoms with Gasteiger partial charge in [-0.15, -0.1) is 11.3 Å². The Bertz CT molecular complexity index is 1640. The zero-order valence-electron chi connectivity index (χ0n) is 19.7. The van der Waals surface area contributed by atoms with Crippen molar-refractivity contribution in [3.63, 3.8) is 0 Å². The number of thiazole rings is 1. The standard InChI is InChI=1S/C27H22N4O4S/c1-17-14-22(18(2)31(17)27-28-12-13-36-27)23(32)16-35-26(34)24-20-10-6-7-11-21(20)25(33)30(29-24)15-19-8-4-3-5-9-19/h3-14H,15-16H2,1-2H3. The molecular weight excluding hydrogens is 476 g/mol. The molecule has 3 heterocycles.